The van der Waals surface area contributed by atoms with Crippen LogP contribution in [0.15, 0.2) is 28.7 Å². The molecule has 0 aliphatic carbocycles. The lowest BCUT2D eigenvalue weighted by atomic mass is 10.1. The summed E-state index contributed by atoms with van der Waals surface area (Å²) < 4.78 is 1.11. The molecule has 102 valence electrons. The highest BCUT2D eigenvalue weighted by atomic mass is 79.9. The van der Waals surface area contributed by atoms with E-state index in [1.807, 2.05) is 0 Å². The van der Waals surface area contributed by atoms with Crippen LogP contribution in [-0.2, 0) is 19.4 Å². The highest BCUT2D eigenvalue weighted by molar-refractivity contribution is 9.10. The maximum absolute atomic E-state index is 5.82. The summed E-state index contributed by atoms with van der Waals surface area (Å²) in [4.78, 5) is 6.00. The third kappa shape index (κ3) is 4.13. The number of nitrogens with zero attached hydrogens (tertiary/aromatic N) is 1. The van der Waals surface area contributed by atoms with E-state index in [1.165, 1.54) is 21.1 Å². The van der Waals surface area contributed by atoms with E-state index in [0.29, 0.717) is 12.5 Å². The molecule has 2 rings (SSSR count). The van der Waals surface area contributed by atoms with Gasteiger partial charge in [-0.25, -0.2) is 4.98 Å². The Bertz CT molecular complexity index is 532. The lowest BCUT2D eigenvalue weighted by molar-refractivity contribution is 0.632. The highest BCUT2D eigenvalue weighted by Crippen LogP contribution is 2.23. The molecule has 0 aliphatic heterocycles. The first-order valence-corrected chi connectivity index (χ1v) is 8.11. The van der Waals surface area contributed by atoms with Crippen LogP contribution in [-0.4, -0.2) is 4.98 Å². The number of nitrogens with two attached hydrogens (primary N) is 1. The molecule has 1 heterocycles. The second-order valence-electron chi connectivity index (χ2n) is 5.08. The summed E-state index contributed by atoms with van der Waals surface area (Å²) >= 11 is 5.21. The second kappa shape index (κ2) is 6.64. The Labute approximate surface area is 127 Å². The number of hydrogen-bond donors (Lipinski definition) is 1. The summed E-state index contributed by atoms with van der Waals surface area (Å²) in [7, 11) is 0. The van der Waals surface area contributed by atoms with Gasteiger partial charge in [0, 0.05) is 22.3 Å². The zero-order chi connectivity index (χ0) is 13.8. The van der Waals surface area contributed by atoms with Crippen LogP contribution in [0.25, 0.3) is 0 Å². The smallest absolute Gasteiger partial charge is 0.0975 e. The maximum Gasteiger partial charge on any atom is 0.0975 e. The molecule has 2 aromatic rings. The quantitative estimate of drug-likeness (QED) is 0.889. The van der Waals surface area contributed by atoms with E-state index in [0.717, 1.165) is 17.3 Å². The third-order valence-electron chi connectivity index (χ3n) is 2.88. The molecule has 0 spiro atoms. The zero-order valence-corrected chi connectivity index (χ0v) is 13.7. The van der Waals surface area contributed by atoms with Crippen molar-refractivity contribution in [2.45, 2.75) is 33.2 Å². The molecule has 2 nitrogen and oxygen atoms in total. The summed E-state index contributed by atoms with van der Waals surface area (Å²) in [6, 6.07) is 8.41. The van der Waals surface area contributed by atoms with Gasteiger partial charge in [0.15, 0.2) is 0 Å². The van der Waals surface area contributed by atoms with E-state index in [1.54, 1.807) is 11.3 Å². The Hall–Kier alpha value is -0.710. The fourth-order valence-electron chi connectivity index (χ4n) is 1.99. The van der Waals surface area contributed by atoms with Gasteiger partial charge in [0.1, 0.15) is 0 Å². The Kier molecular flexibility index (Phi) is 5.13. The number of thiazole rings is 1. The van der Waals surface area contributed by atoms with Crippen molar-refractivity contribution >= 4 is 27.3 Å². The number of aromatic nitrogens is 1. The van der Waals surface area contributed by atoms with E-state index in [9.17, 15) is 0 Å². The van der Waals surface area contributed by atoms with Crippen molar-refractivity contribution in [3.63, 3.8) is 0 Å². The maximum atomic E-state index is 5.82. The molecule has 1 aromatic heterocycles. The summed E-state index contributed by atoms with van der Waals surface area (Å²) in [5, 5.41) is 1.17. The molecule has 0 aliphatic rings. The van der Waals surface area contributed by atoms with Crippen LogP contribution >= 0.6 is 27.3 Å². The number of benzene rings is 1. The first-order chi connectivity index (χ1) is 9.08. The first kappa shape index (κ1) is 14.7. The Morgan fingerprint density at radius 1 is 1.26 bits per heavy atom. The van der Waals surface area contributed by atoms with Gasteiger partial charge in [-0.2, -0.15) is 0 Å². The van der Waals surface area contributed by atoms with Gasteiger partial charge in [-0.1, -0.05) is 41.9 Å². The molecular weight excluding hydrogens is 320 g/mol. The molecule has 0 amide bonds. The minimum Gasteiger partial charge on any atom is -0.326 e. The fourth-order valence-corrected chi connectivity index (χ4v) is 3.27. The largest absolute Gasteiger partial charge is 0.326 e. The first-order valence-electron chi connectivity index (χ1n) is 6.50. The molecule has 2 N–H and O–H groups in total. The Balaban J connectivity index is 2.16. The van der Waals surface area contributed by atoms with Gasteiger partial charge in [-0.15, -0.1) is 11.3 Å². The lowest BCUT2D eigenvalue weighted by Crippen LogP contribution is -2.02. The van der Waals surface area contributed by atoms with E-state index in [4.69, 9.17) is 10.7 Å². The van der Waals surface area contributed by atoms with Gasteiger partial charge in [0.05, 0.1) is 10.7 Å². The molecule has 0 fully saturated rings. The molecule has 1 aromatic carbocycles. The monoisotopic (exact) mass is 338 g/mol. The molecule has 0 saturated carbocycles. The third-order valence-corrected chi connectivity index (χ3v) is 4.53. The summed E-state index contributed by atoms with van der Waals surface area (Å²) in [5.74, 6) is 0.618. The van der Waals surface area contributed by atoms with Gasteiger partial charge >= 0.3 is 0 Å². The van der Waals surface area contributed by atoms with Crippen LogP contribution in [0.4, 0.5) is 0 Å². The van der Waals surface area contributed by atoms with Gasteiger partial charge in [0.2, 0.25) is 0 Å². The molecule has 0 saturated heterocycles. The topological polar surface area (TPSA) is 38.9 Å². The van der Waals surface area contributed by atoms with Crippen molar-refractivity contribution < 1.29 is 0 Å². The van der Waals surface area contributed by atoms with Crippen molar-refractivity contribution in [2.24, 2.45) is 11.7 Å². The van der Waals surface area contributed by atoms with Crippen molar-refractivity contribution in [1.29, 1.82) is 0 Å². The average Bonchev–Trinajstić information content (AvgIpc) is 2.73. The predicted octanol–water partition coefficient (Wildman–Crippen LogP) is 4.15. The number of halogens is 1. The van der Waals surface area contributed by atoms with Crippen molar-refractivity contribution in [3.8, 4) is 0 Å². The van der Waals surface area contributed by atoms with Crippen LogP contribution in [0, 0.1) is 5.92 Å². The van der Waals surface area contributed by atoms with Crippen molar-refractivity contribution in [1.82, 2.24) is 4.98 Å². The fraction of sp³-hybridized carbons (Fsp3) is 0.400. The van der Waals surface area contributed by atoms with Crippen LogP contribution in [0.2, 0.25) is 0 Å². The predicted molar refractivity (Wildman–Crippen MR) is 85.5 cm³/mol. The van der Waals surface area contributed by atoms with Crippen LogP contribution in [0.3, 0.4) is 0 Å². The van der Waals surface area contributed by atoms with Crippen LogP contribution < -0.4 is 5.73 Å². The zero-order valence-electron chi connectivity index (χ0n) is 11.3. The summed E-state index contributed by atoms with van der Waals surface area (Å²) in [5.41, 5.74) is 8.30. The van der Waals surface area contributed by atoms with Gasteiger partial charge in [-0.05, 0) is 30.0 Å². The van der Waals surface area contributed by atoms with Gasteiger partial charge in [0.25, 0.3) is 0 Å². The van der Waals surface area contributed by atoms with Crippen LogP contribution in [0.1, 0.15) is 35.0 Å². The second-order valence-corrected chi connectivity index (χ2v) is 7.17. The normalized spacial score (nSPS) is 11.2. The SMILES string of the molecule is CC(C)Cc1nc(Cc2ccc(Br)cc2)sc1CN. The van der Waals surface area contributed by atoms with E-state index < -0.39 is 0 Å². The number of hydrogen-bond acceptors (Lipinski definition) is 3. The standard InChI is InChI=1S/C15H19BrN2S/c1-10(2)7-13-14(9-17)19-15(18-13)8-11-3-5-12(16)6-4-11/h3-6,10H,7-9,17H2,1-2H3. The van der Waals surface area contributed by atoms with Crippen LogP contribution in [0.5, 0.6) is 0 Å². The minimum absolute atomic E-state index is 0.597. The van der Waals surface area contributed by atoms with E-state index in [2.05, 4.69) is 54.0 Å². The highest BCUT2D eigenvalue weighted by Gasteiger charge is 2.11. The van der Waals surface area contributed by atoms with Crippen molar-refractivity contribution in [2.75, 3.05) is 0 Å². The Morgan fingerprint density at radius 2 is 1.95 bits per heavy atom. The summed E-state index contributed by atoms with van der Waals surface area (Å²) in [6.45, 7) is 5.03. The van der Waals surface area contributed by atoms with Gasteiger partial charge < -0.3 is 5.73 Å². The molecule has 0 unspecified atom stereocenters. The van der Waals surface area contributed by atoms with E-state index in [-0.39, 0.29) is 0 Å². The molecule has 19 heavy (non-hydrogen) atoms. The Morgan fingerprint density at radius 3 is 2.53 bits per heavy atom. The number of rotatable bonds is 5. The van der Waals surface area contributed by atoms with E-state index >= 15 is 0 Å². The molecule has 4 heteroatoms. The molecule has 0 radical (unpaired) electrons. The minimum atomic E-state index is 0.597. The van der Waals surface area contributed by atoms with Crippen molar-refractivity contribution in [3.05, 3.63) is 49.9 Å². The average molecular weight is 339 g/mol. The molecular formula is C15H19BrN2S. The van der Waals surface area contributed by atoms with Gasteiger partial charge in [-0.3, -0.25) is 0 Å². The molecule has 0 atom stereocenters. The lowest BCUT2D eigenvalue weighted by Gasteiger charge is -2.02. The molecule has 0 bridgehead atoms. The summed E-state index contributed by atoms with van der Waals surface area (Å²) in [6.07, 6.45) is 1.91.